The zero-order valence-electron chi connectivity index (χ0n) is 13.6. The number of methoxy groups -OCH3 is 1. The van der Waals surface area contributed by atoms with E-state index in [4.69, 9.17) is 10.5 Å². The van der Waals surface area contributed by atoms with Crippen LogP contribution >= 0.6 is 0 Å². The van der Waals surface area contributed by atoms with Gasteiger partial charge in [-0.05, 0) is 32.6 Å². The Balaban J connectivity index is 1.76. The molecule has 1 amide bonds. The first-order valence-electron chi connectivity index (χ1n) is 8.33. The van der Waals surface area contributed by atoms with Gasteiger partial charge in [-0.2, -0.15) is 0 Å². The van der Waals surface area contributed by atoms with Gasteiger partial charge in [0.05, 0.1) is 12.5 Å². The molecule has 21 heavy (non-hydrogen) atoms. The number of hydrogen-bond donors (Lipinski definition) is 2. The molecule has 5 nitrogen and oxygen atoms in total. The number of nitrogens with zero attached hydrogens (tertiary/aromatic N) is 1. The summed E-state index contributed by atoms with van der Waals surface area (Å²) in [5, 5.41) is 3.24. The predicted molar refractivity (Wildman–Crippen MR) is 84.0 cm³/mol. The normalized spacial score (nSPS) is 32.0. The van der Waals surface area contributed by atoms with Crippen molar-refractivity contribution in [2.45, 2.75) is 57.0 Å². The quantitative estimate of drug-likeness (QED) is 0.798. The van der Waals surface area contributed by atoms with Gasteiger partial charge >= 0.3 is 0 Å². The van der Waals surface area contributed by atoms with Crippen molar-refractivity contribution in [3.63, 3.8) is 0 Å². The summed E-state index contributed by atoms with van der Waals surface area (Å²) in [6, 6.07) is 0.314. The van der Waals surface area contributed by atoms with Crippen molar-refractivity contribution >= 4 is 5.91 Å². The van der Waals surface area contributed by atoms with Crippen molar-refractivity contribution in [1.82, 2.24) is 10.2 Å². The Bertz CT molecular complexity index is 338. The van der Waals surface area contributed by atoms with Gasteiger partial charge < -0.3 is 20.7 Å². The summed E-state index contributed by atoms with van der Waals surface area (Å²) < 4.78 is 5.11. The van der Waals surface area contributed by atoms with Crippen molar-refractivity contribution < 1.29 is 9.53 Å². The molecular formula is C16H31N3O2. The summed E-state index contributed by atoms with van der Waals surface area (Å²) in [7, 11) is 1.74. The van der Waals surface area contributed by atoms with Gasteiger partial charge in [-0.3, -0.25) is 4.79 Å². The first-order chi connectivity index (χ1) is 10.0. The molecule has 0 aromatic carbocycles. The molecule has 3 N–H and O–H groups in total. The minimum atomic E-state index is -0.332. The van der Waals surface area contributed by atoms with Gasteiger partial charge in [0.15, 0.2) is 0 Å². The van der Waals surface area contributed by atoms with Crippen LogP contribution in [0.4, 0.5) is 0 Å². The third-order valence-corrected chi connectivity index (χ3v) is 5.12. The number of nitrogens with one attached hydrogen (secondary N) is 1. The monoisotopic (exact) mass is 297 g/mol. The molecule has 0 spiro atoms. The van der Waals surface area contributed by atoms with Gasteiger partial charge in [0.1, 0.15) is 0 Å². The molecule has 1 heterocycles. The van der Waals surface area contributed by atoms with Crippen LogP contribution in [0.2, 0.25) is 0 Å². The van der Waals surface area contributed by atoms with E-state index in [1.807, 2.05) is 6.92 Å². The first kappa shape index (κ1) is 16.7. The van der Waals surface area contributed by atoms with Crippen molar-refractivity contribution in [2.24, 2.45) is 11.7 Å². The number of amides is 1. The smallest absolute Gasteiger partial charge is 0.225 e. The Morgan fingerprint density at radius 3 is 2.67 bits per heavy atom. The van der Waals surface area contributed by atoms with Crippen LogP contribution in [0.1, 0.15) is 45.4 Å². The van der Waals surface area contributed by atoms with E-state index in [-0.39, 0.29) is 17.4 Å². The summed E-state index contributed by atoms with van der Waals surface area (Å²) in [6.07, 6.45) is 6.23. The molecule has 1 saturated heterocycles. The number of nitrogens with two attached hydrogens (primary N) is 1. The van der Waals surface area contributed by atoms with E-state index in [0.29, 0.717) is 6.04 Å². The number of likely N-dealkylation sites (tertiary alicyclic amines) is 1. The highest BCUT2D eigenvalue weighted by Crippen LogP contribution is 2.31. The molecule has 2 rings (SSSR count). The lowest BCUT2D eigenvalue weighted by molar-refractivity contribution is -0.129. The molecule has 0 radical (unpaired) electrons. The van der Waals surface area contributed by atoms with E-state index in [9.17, 15) is 4.79 Å². The average Bonchev–Trinajstić information content (AvgIpc) is 2.46. The molecular weight excluding hydrogens is 266 g/mol. The van der Waals surface area contributed by atoms with Gasteiger partial charge in [0, 0.05) is 38.3 Å². The minimum absolute atomic E-state index is 0.0160. The summed E-state index contributed by atoms with van der Waals surface area (Å²) >= 11 is 0. The Kier molecular flexibility index (Phi) is 6.02. The van der Waals surface area contributed by atoms with Crippen LogP contribution in [0.15, 0.2) is 0 Å². The zero-order chi connectivity index (χ0) is 15.3. The Hall–Kier alpha value is -0.650. The number of hydrogen-bond acceptors (Lipinski definition) is 4. The standard InChI is InChI=1S/C16H31N3O2/c1-16(17)8-4-3-5-14(16)15(20)18-13-6-9-19(10-7-13)11-12-21-2/h13-14H,3-12,17H2,1-2H3,(H,18,20). The van der Waals surface area contributed by atoms with E-state index in [0.717, 1.165) is 64.8 Å². The Labute approximate surface area is 128 Å². The summed E-state index contributed by atoms with van der Waals surface area (Å²) in [6.45, 7) is 5.88. The Morgan fingerprint density at radius 1 is 1.33 bits per heavy atom. The zero-order valence-corrected chi connectivity index (χ0v) is 13.6. The third kappa shape index (κ3) is 4.66. The molecule has 1 aliphatic heterocycles. The fourth-order valence-electron chi connectivity index (χ4n) is 3.61. The Morgan fingerprint density at radius 2 is 2.05 bits per heavy atom. The van der Waals surface area contributed by atoms with E-state index in [2.05, 4.69) is 10.2 Å². The fourth-order valence-corrected chi connectivity index (χ4v) is 3.61. The molecule has 1 aliphatic carbocycles. The van der Waals surface area contributed by atoms with Gasteiger partial charge in [-0.15, -0.1) is 0 Å². The first-order valence-corrected chi connectivity index (χ1v) is 8.33. The maximum Gasteiger partial charge on any atom is 0.225 e. The highest BCUT2D eigenvalue weighted by atomic mass is 16.5. The molecule has 0 aromatic heterocycles. The van der Waals surface area contributed by atoms with Crippen LogP contribution in [-0.4, -0.2) is 55.7 Å². The second kappa shape index (κ2) is 7.56. The van der Waals surface area contributed by atoms with Crippen LogP contribution in [0.5, 0.6) is 0 Å². The van der Waals surface area contributed by atoms with E-state index < -0.39 is 0 Å². The summed E-state index contributed by atoms with van der Waals surface area (Å²) in [5.74, 6) is 0.160. The minimum Gasteiger partial charge on any atom is -0.383 e. The molecule has 2 atom stereocenters. The molecule has 0 bridgehead atoms. The van der Waals surface area contributed by atoms with Crippen LogP contribution < -0.4 is 11.1 Å². The molecule has 2 unspecified atom stereocenters. The number of piperidine rings is 1. The van der Waals surface area contributed by atoms with E-state index in [1.165, 1.54) is 0 Å². The van der Waals surface area contributed by atoms with Crippen LogP contribution in [0.3, 0.4) is 0 Å². The second-order valence-corrected chi connectivity index (χ2v) is 6.92. The van der Waals surface area contributed by atoms with Gasteiger partial charge in [-0.25, -0.2) is 0 Å². The third-order valence-electron chi connectivity index (χ3n) is 5.12. The highest BCUT2D eigenvalue weighted by Gasteiger charge is 2.38. The number of carbonyl (C=O) groups excluding carboxylic acids is 1. The van der Waals surface area contributed by atoms with Gasteiger partial charge in [-0.1, -0.05) is 12.8 Å². The average molecular weight is 297 g/mol. The van der Waals surface area contributed by atoms with E-state index in [1.54, 1.807) is 7.11 Å². The van der Waals surface area contributed by atoms with Crippen molar-refractivity contribution in [1.29, 1.82) is 0 Å². The second-order valence-electron chi connectivity index (χ2n) is 6.92. The SMILES string of the molecule is COCCN1CCC(NC(=O)C2CCCCC2(C)N)CC1. The van der Waals surface area contributed by atoms with Gasteiger partial charge in [0.2, 0.25) is 5.91 Å². The molecule has 1 saturated carbocycles. The number of carbonyl (C=O) groups is 1. The summed E-state index contributed by atoms with van der Waals surface area (Å²) in [4.78, 5) is 14.9. The van der Waals surface area contributed by atoms with Crippen molar-refractivity contribution in [3.8, 4) is 0 Å². The fraction of sp³-hybridized carbons (Fsp3) is 0.938. The lowest BCUT2D eigenvalue weighted by Crippen LogP contribution is -2.55. The topological polar surface area (TPSA) is 67.6 Å². The largest absolute Gasteiger partial charge is 0.383 e. The molecule has 0 aromatic rings. The van der Waals surface area contributed by atoms with Gasteiger partial charge in [0.25, 0.3) is 0 Å². The highest BCUT2D eigenvalue weighted by molar-refractivity contribution is 5.80. The van der Waals surface area contributed by atoms with E-state index >= 15 is 0 Å². The lowest BCUT2D eigenvalue weighted by atomic mass is 9.74. The molecule has 2 aliphatic rings. The van der Waals surface area contributed by atoms with Crippen molar-refractivity contribution in [3.05, 3.63) is 0 Å². The van der Waals surface area contributed by atoms with Crippen LogP contribution in [0, 0.1) is 5.92 Å². The lowest BCUT2D eigenvalue weighted by Gasteiger charge is -2.39. The van der Waals surface area contributed by atoms with Crippen LogP contribution in [0.25, 0.3) is 0 Å². The van der Waals surface area contributed by atoms with Crippen LogP contribution in [-0.2, 0) is 9.53 Å². The maximum absolute atomic E-state index is 12.5. The van der Waals surface area contributed by atoms with Crippen molar-refractivity contribution in [2.75, 3.05) is 33.4 Å². The molecule has 2 fully saturated rings. The molecule has 5 heteroatoms. The summed E-state index contributed by atoms with van der Waals surface area (Å²) in [5.41, 5.74) is 5.99. The molecule has 122 valence electrons. The number of rotatable bonds is 5. The number of ether oxygens (including phenoxy) is 1. The predicted octanol–water partition coefficient (Wildman–Crippen LogP) is 1.12. The maximum atomic E-state index is 12.5.